The third-order valence-corrected chi connectivity index (χ3v) is 6.24. The first-order valence-corrected chi connectivity index (χ1v) is 10.5. The van der Waals surface area contributed by atoms with Crippen molar-refractivity contribution in [2.75, 3.05) is 19.8 Å². The Hall–Kier alpha value is -0.640. The zero-order valence-electron chi connectivity index (χ0n) is 15.7. The monoisotopic (exact) mass is 388 g/mol. The summed E-state index contributed by atoms with van der Waals surface area (Å²) in [6.07, 6.45) is 1.55. The summed E-state index contributed by atoms with van der Waals surface area (Å²) in [6.45, 7) is 6.78. The van der Waals surface area contributed by atoms with Crippen molar-refractivity contribution in [3.8, 4) is 0 Å². The number of ether oxygens (including phenoxy) is 1. The molecule has 0 bridgehead atoms. The Morgan fingerprint density at radius 1 is 1.38 bits per heavy atom. The molecule has 2 aliphatic rings. The Bertz CT molecular complexity index is 492. The van der Waals surface area contributed by atoms with Gasteiger partial charge in [0.1, 0.15) is 29.9 Å². The molecule has 2 rings (SSSR count). The van der Waals surface area contributed by atoms with Crippen LogP contribution in [0.5, 0.6) is 0 Å². The van der Waals surface area contributed by atoms with Crippen LogP contribution in [0.3, 0.4) is 0 Å². The Kier molecular flexibility index (Phi) is 7.93. The van der Waals surface area contributed by atoms with Crippen LogP contribution in [0, 0.1) is 5.92 Å². The van der Waals surface area contributed by atoms with E-state index >= 15 is 0 Å². The minimum absolute atomic E-state index is 0.131. The number of likely N-dealkylation sites (N-methyl/N-ethyl adjacent to an activating group) is 1. The number of rotatable bonds is 7. The Balaban J connectivity index is 2.04. The number of nitrogens with zero attached hydrogens (tertiary/aromatic N) is 1. The average molecular weight is 389 g/mol. The molecule has 0 saturated carbocycles. The van der Waals surface area contributed by atoms with Gasteiger partial charge >= 0.3 is 0 Å². The Morgan fingerprint density at radius 3 is 2.65 bits per heavy atom. The number of nitrogens with one attached hydrogen (secondary N) is 1. The molecule has 0 aromatic rings. The van der Waals surface area contributed by atoms with E-state index in [1.165, 1.54) is 17.8 Å². The predicted octanol–water partition coefficient (Wildman–Crippen LogP) is -0.0518. The van der Waals surface area contributed by atoms with Crippen LogP contribution in [0.1, 0.15) is 26.2 Å². The van der Waals surface area contributed by atoms with Gasteiger partial charge in [0.15, 0.2) is 0 Å². The van der Waals surface area contributed by atoms with Crippen LogP contribution in [-0.2, 0) is 9.53 Å². The fraction of sp³-hybridized carbons (Fsp3) is 0.833. The molecule has 0 spiro atoms. The first-order valence-electron chi connectivity index (χ1n) is 9.19. The maximum Gasteiger partial charge on any atom is 0.237 e. The topological polar surface area (TPSA) is 102 Å². The molecule has 4 N–H and O–H groups in total. The molecule has 3 unspecified atom stereocenters. The van der Waals surface area contributed by atoms with Gasteiger partial charge in [0.2, 0.25) is 5.91 Å². The summed E-state index contributed by atoms with van der Waals surface area (Å²) in [5, 5.41) is 33.3. The molecule has 0 radical (unpaired) electrons. The van der Waals surface area contributed by atoms with Crippen molar-refractivity contribution in [2.45, 2.75) is 68.1 Å². The van der Waals surface area contributed by atoms with Gasteiger partial charge in [-0.1, -0.05) is 19.4 Å². The van der Waals surface area contributed by atoms with E-state index in [0.717, 1.165) is 25.8 Å². The van der Waals surface area contributed by atoms with Crippen LogP contribution in [0.25, 0.3) is 0 Å². The molecule has 7 nitrogen and oxygen atoms in total. The van der Waals surface area contributed by atoms with Gasteiger partial charge in [-0.3, -0.25) is 9.69 Å². The molecular formula is C18H32N2O5S. The summed E-state index contributed by atoms with van der Waals surface area (Å²) in [5.74, 6) is 0.380. The Morgan fingerprint density at radius 2 is 2.08 bits per heavy atom. The van der Waals surface area contributed by atoms with Crippen molar-refractivity contribution in [2.24, 2.45) is 5.92 Å². The van der Waals surface area contributed by atoms with E-state index in [9.17, 15) is 20.1 Å². The van der Waals surface area contributed by atoms with Crippen molar-refractivity contribution < 1.29 is 24.9 Å². The molecule has 2 saturated heterocycles. The molecule has 2 aliphatic heterocycles. The van der Waals surface area contributed by atoms with Crippen molar-refractivity contribution in [3.63, 3.8) is 0 Å². The third-order valence-electron chi connectivity index (χ3n) is 5.39. The number of carbonyl (C=O) groups excluding carboxylic acids is 1. The van der Waals surface area contributed by atoms with E-state index in [1.807, 2.05) is 7.05 Å². The van der Waals surface area contributed by atoms with Crippen LogP contribution in [0.2, 0.25) is 0 Å². The molecule has 1 amide bonds. The zero-order chi connectivity index (χ0) is 19.4. The molecule has 0 aromatic heterocycles. The van der Waals surface area contributed by atoms with Crippen molar-refractivity contribution in [1.29, 1.82) is 0 Å². The molecule has 26 heavy (non-hydrogen) atoms. The number of hydrogen-bond donors (Lipinski definition) is 4. The first-order chi connectivity index (χ1) is 12.3. The lowest BCUT2D eigenvalue weighted by atomic mass is 9.94. The lowest BCUT2D eigenvalue weighted by Crippen LogP contribution is -2.62. The maximum absolute atomic E-state index is 12.8. The van der Waals surface area contributed by atoms with E-state index < -0.39 is 35.9 Å². The number of carbonyl (C=O) groups is 1. The number of aliphatic hydroxyl groups is 3. The largest absolute Gasteiger partial charge is 0.387 e. The summed E-state index contributed by atoms with van der Waals surface area (Å²) >= 11 is 1.24. The van der Waals surface area contributed by atoms with Gasteiger partial charge in [-0.25, -0.2) is 0 Å². The van der Waals surface area contributed by atoms with Crippen molar-refractivity contribution in [3.05, 3.63) is 12.7 Å². The highest BCUT2D eigenvalue weighted by molar-refractivity contribution is 7.99. The fourth-order valence-electron chi connectivity index (χ4n) is 3.93. The normalized spacial score (nSPS) is 39.5. The highest BCUT2D eigenvalue weighted by atomic mass is 32.2. The van der Waals surface area contributed by atoms with Gasteiger partial charge in [0.25, 0.3) is 0 Å². The minimum atomic E-state index is -1.34. The van der Waals surface area contributed by atoms with Crippen LogP contribution in [0.15, 0.2) is 12.7 Å². The molecule has 8 atom stereocenters. The van der Waals surface area contributed by atoms with Crippen molar-refractivity contribution >= 4 is 17.7 Å². The summed E-state index contributed by atoms with van der Waals surface area (Å²) < 4.78 is 5.74. The zero-order valence-corrected chi connectivity index (χ0v) is 16.6. The highest BCUT2D eigenvalue weighted by Gasteiger charge is 2.46. The summed E-state index contributed by atoms with van der Waals surface area (Å²) in [7, 11) is 1.94. The van der Waals surface area contributed by atoms with Gasteiger partial charge in [0.05, 0.1) is 12.1 Å². The minimum Gasteiger partial charge on any atom is -0.387 e. The molecule has 2 fully saturated rings. The number of likely N-dealkylation sites (tertiary alicyclic amines) is 1. The number of amides is 1. The van der Waals surface area contributed by atoms with Crippen LogP contribution in [-0.4, -0.2) is 87.9 Å². The highest BCUT2D eigenvalue weighted by Crippen LogP contribution is 2.30. The number of aliphatic hydroxyl groups excluding tert-OH is 3. The summed E-state index contributed by atoms with van der Waals surface area (Å²) in [6, 6.07) is -0.880. The van der Waals surface area contributed by atoms with Crippen LogP contribution >= 0.6 is 11.8 Å². The van der Waals surface area contributed by atoms with Crippen LogP contribution in [0.4, 0.5) is 0 Å². The van der Waals surface area contributed by atoms with E-state index in [4.69, 9.17) is 4.74 Å². The van der Waals surface area contributed by atoms with E-state index in [-0.39, 0.29) is 11.9 Å². The van der Waals surface area contributed by atoms with Gasteiger partial charge in [-0.15, -0.1) is 18.3 Å². The molecule has 150 valence electrons. The smallest absolute Gasteiger partial charge is 0.237 e. The molecule has 0 aliphatic carbocycles. The molecule has 8 heteroatoms. The quantitative estimate of drug-likeness (QED) is 0.454. The van der Waals surface area contributed by atoms with Crippen LogP contribution < -0.4 is 5.32 Å². The second-order valence-electron chi connectivity index (χ2n) is 7.29. The summed E-state index contributed by atoms with van der Waals surface area (Å²) in [5.41, 5.74) is -0.680. The van der Waals surface area contributed by atoms with Gasteiger partial charge < -0.3 is 25.4 Å². The first kappa shape index (κ1) is 21.7. The molecular weight excluding hydrogens is 356 g/mol. The lowest BCUT2D eigenvalue weighted by molar-refractivity contribution is -0.202. The summed E-state index contributed by atoms with van der Waals surface area (Å²) in [4.78, 5) is 14.8. The van der Waals surface area contributed by atoms with Gasteiger partial charge in [-0.2, -0.15) is 0 Å². The molecule has 2 heterocycles. The SMILES string of the molecule is C=C[C@@H](NC(=O)[C@@H]1C[C@@H](CCC)CN1C)[C@H]1OC(SC)[C@H](O)C(O)C1O. The van der Waals surface area contributed by atoms with E-state index in [2.05, 4.69) is 23.7 Å². The average Bonchev–Trinajstić information content (AvgIpc) is 2.99. The van der Waals surface area contributed by atoms with E-state index in [0.29, 0.717) is 5.92 Å². The predicted molar refractivity (Wildman–Crippen MR) is 102 cm³/mol. The van der Waals surface area contributed by atoms with Gasteiger partial charge in [-0.05, 0) is 32.1 Å². The second-order valence-corrected chi connectivity index (χ2v) is 8.23. The third kappa shape index (κ3) is 4.61. The second kappa shape index (κ2) is 9.52. The van der Waals surface area contributed by atoms with Gasteiger partial charge in [0, 0.05) is 6.54 Å². The van der Waals surface area contributed by atoms with E-state index in [1.54, 1.807) is 6.26 Å². The standard InChI is InChI=1S/C18H32N2O5S/c1-5-7-10-8-12(20(3)9-10)17(24)19-11(6-2)16-14(22)13(21)15(23)18(25-16)26-4/h6,10-16,18,21-23H,2,5,7-9H2,1,3-4H3,(H,19,24)/t10-,11-,12+,13?,14?,15-,16-,18?/m1/s1. The lowest BCUT2D eigenvalue weighted by Gasteiger charge is -2.42. The Labute approximate surface area is 159 Å². The van der Waals surface area contributed by atoms with Crippen molar-refractivity contribution in [1.82, 2.24) is 10.2 Å². The number of thioether (sulfide) groups is 1. The molecule has 0 aromatic carbocycles. The fourth-order valence-corrected chi connectivity index (χ4v) is 4.61. The number of hydrogen-bond acceptors (Lipinski definition) is 7. The maximum atomic E-state index is 12.8.